The minimum atomic E-state index is -0.122. The van der Waals surface area contributed by atoms with Gasteiger partial charge in [0.2, 0.25) is 0 Å². The molecule has 0 aliphatic carbocycles. The Morgan fingerprint density at radius 2 is 1.52 bits per heavy atom. The van der Waals surface area contributed by atoms with Crippen molar-refractivity contribution in [2.45, 2.75) is 102 Å². The summed E-state index contributed by atoms with van der Waals surface area (Å²) in [6, 6.07) is 0.131. The zero-order valence-electron chi connectivity index (χ0n) is 15.3. The molecular weight excluding hydrogens is 306 g/mol. The number of unbranched alkanes of at least 4 members (excludes halogenated alkanes) is 10. The SMILES string of the molecule is CCCCCCCCCCCCCC1N=C(C)SC1C(=O)OC. The van der Waals surface area contributed by atoms with Gasteiger partial charge in [0.25, 0.3) is 0 Å². The van der Waals surface area contributed by atoms with E-state index >= 15 is 0 Å². The summed E-state index contributed by atoms with van der Waals surface area (Å²) >= 11 is 1.56. The predicted octanol–water partition coefficient (Wildman–Crippen LogP) is 5.76. The number of carbonyl (C=O) groups excluding carboxylic acids is 1. The largest absolute Gasteiger partial charge is 0.468 e. The number of aliphatic imine (C=N–C) groups is 1. The second-order valence-electron chi connectivity index (χ2n) is 6.60. The lowest BCUT2D eigenvalue weighted by Gasteiger charge is -2.14. The zero-order valence-corrected chi connectivity index (χ0v) is 16.1. The van der Waals surface area contributed by atoms with Crippen LogP contribution in [0.15, 0.2) is 4.99 Å². The molecule has 0 saturated carbocycles. The van der Waals surface area contributed by atoms with Crippen molar-refractivity contribution in [1.29, 1.82) is 0 Å². The lowest BCUT2D eigenvalue weighted by Crippen LogP contribution is -2.28. The maximum Gasteiger partial charge on any atom is 0.321 e. The molecule has 134 valence electrons. The van der Waals surface area contributed by atoms with Crippen LogP contribution in [0.25, 0.3) is 0 Å². The summed E-state index contributed by atoms with van der Waals surface area (Å²) in [5, 5.41) is 0.914. The summed E-state index contributed by atoms with van der Waals surface area (Å²) in [5.74, 6) is -0.122. The van der Waals surface area contributed by atoms with Crippen molar-refractivity contribution >= 4 is 22.8 Å². The Balaban J connectivity index is 1.99. The van der Waals surface area contributed by atoms with E-state index < -0.39 is 0 Å². The first-order valence-electron chi connectivity index (χ1n) is 9.48. The summed E-state index contributed by atoms with van der Waals surface area (Å²) in [5.41, 5.74) is 0. The van der Waals surface area contributed by atoms with Gasteiger partial charge in [-0.15, -0.1) is 0 Å². The van der Waals surface area contributed by atoms with E-state index in [0.717, 1.165) is 11.5 Å². The van der Waals surface area contributed by atoms with E-state index in [1.807, 2.05) is 6.92 Å². The van der Waals surface area contributed by atoms with E-state index in [9.17, 15) is 4.79 Å². The van der Waals surface area contributed by atoms with Crippen LogP contribution in [0, 0.1) is 0 Å². The van der Waals surface area contributed by atoms with Crippen molar-refractivity contribution < 1.29 is 9.53 Å². The number of esters is 1. The highest BCUT2D eigenvalue weighted by Crippen LogP contribution is 2.31. The smallest absolute Gasteiger partial charge is 0.321 e. The summed E-state index contributed by atoms with van der Waals surface area (Å²) in [6.07, 6.45) is 15.9. The molecule has 2 unspecified atom stereocenters. The molecule has 0 bridgehead atoms. The summed E-state index contributed by atoms with van der Waals surface area (Å²) < 4.78 is 4.89. The lowest BCUT2D eigenvalue weighted by atomic mass is 10.0. The molecule has 4 heteroatoms. The molecule has 1 aliphatic rings. The summed E-state index contributed by atoms with van der Waals surface area (Å²) in [6.45, 7) is 4.26. The third-order valence-electron chi connectivity index (χ3n) is 4.53. The Morgan fingerprint density at radius 1 is 1.00 bits per heavy atom. The second-order valence-corrected chi connectivity index (χ2v) is 7.94. The van der Waals surface area contributed by atoms with Crippen LogP contribution in [0.5, 0.6) is 0 Å². The molecule has 2 atom stereocenters. The first-order chi connectivity index (χ1) is 11.2. The first-order valence-corrected chi connectivity index (χ1v) is 10.4. The number of nitrogens with zero attached hydrogens (tertiary/aromatic N) is 1. The molecule has 3 nitrogen and oxygen atoms in total. The molecule has 0 aromatic carbocycles. The van der Waals surface area contributed by atoms with Crippen LogP contribution in [0.2, 0.25) is 0 Å². The monoisotopic (exact) mass is 341 g/mol. The van der Waals surface area contributed by atoms with Gasteiger partial charge < -0.3 is 4.74 Å². The van der Waals surface area contributed by atoms with Gasteiger partial charge in [-0.1, -0.05) is 89.3 Å². The van der Waals surface area contributed by atoms with E-state index in [-0.39, 0.29) is 17.3 Å². The van der Waals surface area contributed by atoms with Crippen molar-refractivity contribution in [2.24, 2.45) is 4.99 Å². The van der Waals surface area contributed by atoms with E-state index in [1.54, 1.807) is 11.8 Å². The van der Waals surface area contributed by atoms with Crippen molar-refractivity contribution in [2.75, 3.05) is 7.11 Å². The fraction of sp³-hybridized carbons (Fsp3) is 0.895. The molecule has 0 fully saturated rings. The topological polar surface area (TPSA) is 38.7 Å². The van der Waals surface area contributed by atoms with Crippen LogP contribution in [0.3, 0.4) is 0 Å². The van der Waals surface area contributed by atoms with Gasteiger partial charge in [-0.05, 0) is 13.3 Å². The van der Waals surface area contributed by atoms with Crippen molar-refractivity contribution in [3.8, 4) is 0 Å². The van der Waals surface area contributed by atoms with E-state index in [0.29, 0.717) is 0 Å². The molecule has 0 aromatic rings. The number of thioether (sulfide) groups is 1. The number of methoxy groups -OCH3 is 1. The van der Waals surface area contributed by atoms with Gasteiger partial charge >= 0.3 is 5.97 Å². The molecule has 0 saturated heterocycles. The molecule has 0 amide bonds. The average molecular weight is 342 g/mol. The summed E-state index contributed by atoms with van der Waals surface area (Å²) in [4.78, 5) is 16.4. The minimum absolute atomic E-state index is 0.108. The molecule has 1 heterocycles. The van der Waals surface area contributed by atoms with E-state index in [2.05, 4.69) is 11.9 Å². The van der Waals surface area contributed by atoms with E-state index in [1.165, 1.54) is 77.7 Å². The van der Waals surface area contributed by atoms with Gasteiger partial charge in [0.1, 0.15) is 5.25 Å². The maximum absolute atomic E-state index is 11.8. The quantitative estimate of drug-likeness (QED) is 0.315. The van der Waals surface area contributed by atoms with Crippen LogP contribution in [-0.2, 0) is 9.53 Å². The molecule has 0 spiro atoms. The van der Waals surface area contributed by atoms with Crippen LogP contribution < -0.4 is 0 Å². The van der Waals surface area contributed by atoms with Crippen molar-refractivity contribution in [1.82, 2.24) is 0 Å². The third-order valence-corrected chi connectivity index (χ3v) is 5.74. The van der Waals surface area contributed by atoms with Crippen molar-refractivity contribution in [3.05, 3.63) is 0 Å². The number of hydrogen-bond acceptors (Lipinski definition) is 4. The van der Waals surface area contributed by atoms with Crippen LogP contribution >= 0.6 is 11.8 Å². The molecule has 0 aromatic heterocycles. The lowest BCUT2D eigenvalue weighted by molar-refractivity contribution is -0.140. The van der Waals surface area contributed by atoms with Gasteiger partial charge in [-0.2, -0.15) is 0 Å². The molecule has 0 N–H and O–H groups in total. The Bertz CT molecular complexity index is 357. The molecule has 1 rings (SSSR count). The average Bonchev–Trinajstić information content (AvgIpc) is 2.92. The first kappa shape index (κ1) is 20.5. The standard InChI is InChI=1S/C19H35NO2S/c1-4-5-6-7-8-9-10-11-12-13-14-15-17-18(19(21)22-3)23-16(2)20-17/h17-18H,4-15H2,1-3H3. The minimum Gasteiger partial charge on any atom is -0.468 e. The Kier molecular flexibility index (Phi) is 11.5. The van der Waals surface area contributed by atoms with Gasteiger partial charge in [-0.25, -0.2) is 0 Å². The summed E-state index contributed by atoms with van der Waals surface area (Å²) in [7, 11) is 1.47. The molecular formula is C19H35NO2S. The van der Waals surface area contributed by atoms with Gasteiger partial charge in [0.05, 0.1) is 18.2 Å². The Morgan fingerprint density at radius 3 is 2.04 bits per heavy atom. The number of ether oxygens (including phenoxy) is 1. The fourth-order valence-electron chi connectivity index (χ4n) is 3.15. The van der Waals surface area contributed by atoms with Crippen LogP contribution in [0.4, 0.5) is 0 Å². The normalized spacial score (nSPS) is 20.6. The molecule has 23 heavy (non-hydrogen) atoms. The Hall–Kier alpha value is -0.510. The molecule has 0 radical (unpaired) electrons. The van der Waals surface area contributed by atoms with E-state index in [4.69, 9.17) is 4.74 Å². The highest BCUT2D eigenvalue weighted by atomic mass is 32.2. The van der Waals surface area contributed by atoms with Crippen LogP contribution in [0.1, 0.15) is 90.9 Å². The van der Waals surface area contributed by atoms with Crippen molar-refractivity contribution in [3.63, 3.8) is 0 Å². The molecule has 1 aliphatic heterocycles. The van der Waals surface area contributed by atoms with Gasteiger partial charge in [0.15, 0.2) is 0 Å². The number of hydrogen-bond donors (Lipinski definition) is 0. The third kappa shape index (κ3) is 8.78. The van der Waals surface area contributed by atoms with Gasteiger partial charge in [-0.3, -0.25) is 9.79 Å². The zero-order chi connectivity index (χ0) is 16.9. The number of carbonyl (C=O) groups is 1. The highest BCUT2D eigenvalue weighted by Gasteiger charge is 2.34. The van der Waals surface area contributed by atoms with Crippen LogP contribution in [-0.4, -0.2) is 29.4 Å². The second kappa shape index (κ2) is 12.9. The van der Waals surface area contributed by atoms with Gasteiger partial charge in [0, 0.05) is 0 Å². The fourth-order valence-corrected chi connectivity index (χ4v) is 4.26. The maximum atomic E-state index is 11.8. The number of rotatable bonds is 13. The predicted molar refractivity (Wildman–Crippen MR) is 101 cm³/mol. The Labute approximate surface area is 147 Å². The highest BCUT2D eigenvalue weighted by molar-refractivity contribution is 8.15.